The Hall–Kier alpha value is -1.66. The molecule has 1 aliphatic heterocycles. The second-order valence-electron chi connectivity index (χ2n) is 6.33. The summed E-state index contributed by atoms with van der Waals surface area (Å²) in [5.74, 6) is -0.733. The highest BCUT2D eigenvalue weighted by Gasteiger charge is 2.32. The van der Waals surface area contributed by atoms with Crippen LogP contribution in [0.15, 0.2) is 18.2 Å². The van der Waals surface area contributed by atoms with Crippen LogP contribution in [0.2, 0.25) is 5.02 Å². The fraction of sp³-hybridized carbons (Fsp3) is 0.529. The van der Waals surface area contributed by atoms with Crippen molar-refractivity contribution < 1.29 is 14.0 Å². The summed E-state index contributed by atoms with van der Waals surface area (Å²) < 4.78 is 13.6. The number of nitrogens with zero attached hydrogens (tertiary/aromatic N) is 2. The van der Waals surface area contributed by atoms with Crippen LogP contribution in [0.1, 0.15) is 25.8 Å². The van der Waals surface area contributed by atoms with Crippen LogP contribution in [0.25, 0.3) is 0 Å². The molecule has 2 rings (SSSR count). The Morgan fingerprint density at radius 1 is 1.50 bits per heavy atom. The van der Waals surface area contributed by atoms with Crippen molar-refractivity contribution in [3.05, 3.63) is 34.6 Å². The fourth-order valence-electron chi connectivity index (χ4n) is 2.64. The highest BCUT2D eigenvalue weighted by atomic mass is 35.5. The SMILES string of the molecule is CC(C)N(C)C(=O)CC1C(=O)NCCN1Cc1ccc(Cl)c(F)c1. The maximum absolute atomic E-state index is 13.6. The van der Waals surface area contributed by atoms with Crippen molar-refractivity contribution in [3.8, 4) is 0 Å². The number of halogens is 2. The van der Waals surface area contributed by atoms with Crippen molar-refractivity contribution in [2.45, 2.75) is 38.9 Å². The first-order valence-corrected chi connectivity index (χ1v) is 8.38. The molecule has 1 aromatic rings. The van der Waals surface area contributed by atoms with Gasteiger partial charge in [-0.15, -0.1) is 0 Å². The summed E-state index contributed by atoms with van der Waals surface area (Å²) in [6.07, 6.45) is 0.108. The van der Waals surface area contributed by atoms with Crippen LogP contribution >= 0.6 is 11.6 Å². The zero-order valence-electron chi connectivity index (χ0n) is 14.2. The number of carbonyl (C=O) groups excluding carboxylic acids is 2. The molecule has 132 valence electrons. The van der Waals surface area contributed by atoms with Gasteiger partial charge in [0.05, 0.1) is 17.5 Å². The molecule has 0 bridgehead atoms. The van der Waals surface area contributed by atoms with Crippen LogP contribution < -0.4 is 5.32 Å². The molecular formula is C17H23ClFN3O2. The van der Waals surface area contributed by atoms with E-state index in [9.17, 15) is 14.0 Å². The third-order valence-corrected chi connectivity index (χ3v) is 4.65. The lowest BCUT2D eigenvalue weighted by atomic mass is 10.1. The van der Waals surface area contributed by atoms with E-state index in [0.717, 1.165) is 5.56 Å². The monoisotopic (exact) mass is 355 g/mol. The van der Waals surface area contributed by atoms with Crippen LogP contribution in [0.3, 0.4) is 0 Å². The molecule has 2 amide bonds. The zero-order valence-corrected chi connectivity index (χ0v) is 14.9. The van der Waals surface area contributed by atoms with E-state index in [1.54, 1.807) is 18.0 Å². The molecule has 0 aliphatic carbocycles. The molecule has 1 unspecified atom stereocenters. The Labute approximate surface area is 146 Å². The molecule has 1 heterocycles. The smallest absolute Gasteiger partial charge is 0.237 e. The van der Waals surface area contributed by atoms with E-state index in [4.69, 9.17) is 11.6 Å². The molecule has 1 fully saturated rings. The van der Waals surface area contributed by atoms with E-state index in [2.05, 4.69) is 5.32 Å². The van der Waals surface area contributed by atoms with E-state index >= 15 is 0 Å². The predicted molar refractivity (Wildman–Crippen MR) is 91.1 cm³/mol. The molecule has 0 radical (unpaired) electrons. The van der Waals surface area contributed by atoms with Crippen molar-refractivity contribution in [1.82, 2.24) is 15.1 Å². The van der Waals surface area contributed by atoms with Gasteiger partial charge >= 0.3 is 0 Å². The number of rotatable bonds is 5. The van der Waals surface area contributed by atoms with Crippen molar-refractivity contribution in [2.75, 3.05) is 20.1 Å². The Kier molecular flexibility index (Phi) is 6.18. The second kappa shape index (κ2) is 7.94. The average molecular weight is 356 g/mol. The predicted octanol–water partition coefficient (Wildman–Crippen LogP) is 2.04. The molecule has 1 N–H and O–H groups in total. The van der Waals surface area contributed by atoms with Gasteiger partial charge in [-0.05, 0) is 31.5 Å². The quantitative estimate of drug-likeness (QED) is 0.879. The Morgan fingerprint density at radius 3 is 2.83 bits per heavy atom. The fourth-order valence-corrected chi connectivity index (χ4v) is 2.76. The number of carbonyl (C=O) groups is 2. The summed E-state index contributed by atoms with van der Waals surface area (Å²) in [5, 5.41) is 2.87. The van der Waals surface area contributed by atoms with Crippen LogP contribution in [0, 0.1) is 5.82 Å². The van der Waals surface area contributed by atoms with Gasteiger partial charge in [-0.1, -0.05) is 17.7 Å². The Balaban J connectivity index is 2.12. The van der Waals surface area contributed by atoms with Gasteiger partial charge in [-0.2, -0.15) is 0 Å². The molecule has 1 atom stereocenters. The molecule has 24 heavy (non-hydrogen) atoms. The van der Waals surface area contributed by atoms with E-state index in [1.165, 1.54) is 12.1 Å². The van der Waals surface area contributed by atoms with E-state index in [-0.39, 0.29) is 29.3 Å². The number of hydrogen-bond donors (Lipinski definition) is 1. The minimum absolute atomic E-state index is 0.0698. The summed E-state index contributed by atoms with van der Waals surface area (Å²) in [7, 11) is 1.73. The van der Waals surface area contributed by atoms with E-state index in [1.807, 2.05) is 18.7 Å². The highest BCUT2D eigenvalue weighted by molar-refractivity contribution is 6.30. The lowest BCUT2D eigenvalue weighted by Gasteiger charge is -2.35. The van der Waals surface area contributed by atoms with Gasteiger partial charge in [0.15, 0.2) is 0 Å². The van der Waals surface area contributed by atoms with Gasteiger partial charge in [0.25, 0.3) is 0 Å². The summed E-state index contributed by atoms with van der Waals surface area (Å²) >= 11 is 5.71. The van der Waals surface area contributed by atoms with E-state index in [0.29, 0.717) is 19.6 Å². The molecule has 1 saturated heterocycles. The average Bonchev–Trinajstić information content (AvgIpc) is 2.53. The molecule has 7 heteroatoms. The van der Waals surface area contributed by atoms with Gasteiger partial charge in [-0.25, -0.2) is 4.39 Å². The minimum atomic E-state index is -0.550. The molecule has 0 saturated carbocycles. The normalized spacial score (nSPS) is 18.6. The van der Waals surface area contributed by atoms with Gasteiger partial charge in [0.1, 0.15) is 5.82 Å². The number of benzene rings is 1. The summed E-state index contributed by atoms with van der Waals surface area (Å²) in [4.78, 5) is 28.1. The summed E-state index contributed by atoms with van der Waals surface area (Å²) in [6, 6.07) is 4.13. The minimum Gasteiger partial charge on any atom is -0.353 e. The highest BCUT2D eigenvalue weighted by Crippen LogP contribution is 2.19. The second-order valence-corrected chi connectivity index (χ2v) is 6.74. The number of nitrogens with one attached hydrogen (secondary N) is 1. The van der Waals surface area contributed by atoms with Gasteiger partial charge in [0, 0.05) is 32.7 Å². The Bertz CT molecular complexity index is 624. The molecule has 1 aromatic carbocycles. The van der Waals surface area contributed by atoms with Crippen molar-refractivity contribution in [1.29, 1.82) is 0 Å². The van der Waals surface area contributed by atoms with Gasteiger partial charge < -0.3 is 10.2 Å². The molecular weight excluding hydrogens is 333 g/mol. The largest absolute Gasteiger partial charge is 0.353 e. The summed E-state index contributed by atoms with van der Waals surface area (Å²) in [6.45, 7) is 5.37. The number of hydrogen-bond acceptors (Lipinski definition) is 3. The molecule has 0 spiro atoms. The van der Waals surface area contributed by atoms with Crippen molar-refractivity contribution in [2.24, 2.45) is 0 Å². The van der Waals surface area contributed by atoms with Gasteiger partial charge in [0.2, 0.25) is 11.8 Å². The maximum atomic E-state index is 13.6. The third-order valence-electron chi connectivity index (χ3n) is 4.35. The van der Waals surface area contributed by atoms with Crippen LogP contribution in [0.4, 0.5) is 4.39 Å². The topological polar surface area (TPSA) is 52.7 Å². The van der Waals surface area contributed by atoms with Crippen molar-refractivity contribution >= 4 is 23.4 Å². The zero-order chi connectivity index (χ0) is 17.9. The van der Waals surface area contributed by atoms with Crippen LogP contribution in [-0.2, 0) is 16.1 Å². The van der Waals surface area contributed by atoms with E-state index < -0.39 is 11.9 Å². The first kappa shape index (κ1) is 18.7. The van der Waals surface area contributed by atoms with Crippen molar-refractivity contribution in [3.63, 3.8) is 0 Å². The maximum Gasteiger partial charge on any atom is 0.237 e. The lowest BCUT2D eigenvalue weighted by Crippen LogP contribution is -2.56. The van der Waals surface area contributed by atoms with Gasteiger partial charge in [-0.3, -0.25) is 14.5 Å². The first-order chi connectivity index (χ1) is 11.3. The van der Waals surface area contributed by atoms with Crippen LogP contribution in [0.5, 0.6) is 0 Å². The van der Waals surface area contributed by atoms with Crippen LogP contribution in [-0.4, -0.2) is 53.8 Å². The molecule has 5 nitrogen and oxygen atoms in total. The first-order valence-electron chi connectivity index (χ1n) is 8.01. The molecule has 0 aromatic heterocycles. The number of piperazine rings is 1. The summed E-state index contributed by atoms with van der Waals surface area (Å²) in [5.41, 5.74) is 0.723. The molecule has 1 aliphatic rings. The third kappa shape index (κ3) is 4.45. The standard InChI is InChI=1S/C17H23ClFN3O2/c1-11(2)21(3)16(23)9-15-17(24)20-6-7-22(15)10-12-4-5-13(18)14(19)8-12/h4-5,8,11,15H,6-7,9-10H2,1-3H3,(H,20,24). The Morgan fingerprint density at radius 2 is 2.21 bits per heavy atom. The number of amides is 2. The lowest BCUT2D eigenvalue weighted by molar-refractivity contribution is -0.139.